The molecule has 1 unspecified atom stereocenters. The van der Waals surface area contributed by atoms with Gasteiger partial charge in [-0.25, -0.2) is 4.68 Å². The lowest BCUT2D eigenvalue weighted by Gasteiger charge is -2.21. The summed E-state index contributed by atoms with van der Waals surface area (Å²) in [4.78, 5) is 0. The number of hydrogen-bond acceptors (Lipinski definition) is 4. The Kier molecular flexibility index (Phi) is 3.69. The van der Waals surface area contributed by atoms with Crippen LogP contribution in [0, 0.1) is 0 Å². The van der Waals surface area contributed by atoms with Gasteiger partial charge in [0.15, 0.2) is 0 Å². The zero-order valence-corrected chi connectivity index (χ0v) is 8.93. The molecule has 0 radical (unpaired) electrons. The van der Waals surface area contributed by atoms with Gasteiger partial charge in [0.1, 0.15) is 0 Å². The third-order valence-corrected chi connectivity index (χ3v) is 2.65. The molecule has 1 fully saturated rings. The molecule has 1 aromatic heterocycles. The molecule has 0 aliphatic carbocycles. The first-order chi connectivity index (χ1) is 7.38. The van der Waals surface area contributed by atoms with E-state index in [1.807, 2.05) is 10.9 Å². The number of nitrogens with zero attached hydrogens (tertiary/aromatic N) is 3. The Morgan fingerprint density at radius 2 is 2.47 bits per heavy atom. The van der Waals surface area contributed by atoms with Crippen LogP contribution in [0.25, 0.3) is 0 Å². The lowest BCUT2D eigenvalue weighted by molar-refractivity contribution is 0.00370. The monoisotopic (exact) mass is 210 g/mol. The molecule has 0 spiro atoms. The van der Waals surface area contributed by atoms with Crippen molar-refractivity contribution in [1.29, 1.82) is 0 Å². The van der Waals surface area contributed by atoms with Crippen LogP contribution in [-0.4, -0.2) is 34.2 Å². The van der Waals surface area contributed by atoms with Gasteiger partial charge in [-0.05, 0) is 25.8 Å². The normalized spacial score (nSPS) is 21.8. The van der Waals surface area contributed by atoms with Crippen LogP contribution < -0.4 is 5.73 Å². The average molecular weight is 210 g/mol. The van der Waals surface area contributed by atoms with Crippen molar-refractivity contribution < 1.29 is 4.74 Å². The predicted octanol–water partition coefficient (Wildman–Crippen LogP) is 0.348. The Hall–Kier alpha value is -0.940. The Bertz CT molecular complexity index is 293. The highest BCUT2D eigenvalue weighted by atomic mass is 16.5. The number of ether oxygens (including phenoxy) is 1. The molecule has 15 heavy (non-hydrogen) atoms. The van der Waals surface area contributed by atoms with Crippen LogP contribution in [0.15, 0.2) is 6.20 Å². The van der Waals surface area contributed by atoms with E-state index in [0.29, 0.717) is 12.6 Å². The van der Waals surface area contributed by atoms with E-state index < -0.39 is 0 Å². The van der Waals surface area contributed by atoms with Gasteiger partial charge < -0.3 is 10.5 Å². The maximum Gasteiger partial charge on any atom is 0.0839 e. The van der Waals surface area contributed by atoms with E-state index in [0.717, 1.165) is 31.7 Å². The first-order valence-corrected chi connectivity index (χ1v) is 5.59. The Balaban J connectivity index is 1.86. The third kappa shape index (κ3) is 3.00. The Morgan fingerprint density at radius 1 is 1.53 bits per heavy atom. The van der Waals surface area contributed by atoms with Crippen molar-refractivity contribution in [1.82, 2.24) is 15.0 Å². The molecule has 2 heterocycles. The van der Waals surface area contributed by atoms with Gasteiger partial charge in [-0.1, -0.05) is 5.21 Å². The summed E-state index contributed by atoms with van der Waals surface area (Å²) in [5, 5.41) is 8.11. The highest BCUT2D eigenvalue weighted by molar-refractivity contribution is 4.92. The summed E-state index contributed by atoms with van der Waals surface area (Å²) < 4.78 is 7.50. The molecule has 0 aromatic carbocycles. The van der Waals surface area contributed by atoms with Gasteiger partial charge in [-0.15, -0.1) is 5.10 Å². The van der Waals surface area contributed by atoms with Crippen LogP contribution in [0.3, 0.4) is 0 Å². The summed E-state index contributed by atoms with van der Waals surface area (Å²) in [5.41, 5.74) is 6.42. The van der Waals surface area contributed by atoms with Crippen LogP contribution in [0.2, 0.25) is 0 Å². The lowest BCUT2D eigenvalue weighted by Crippen LogP contribution is -2.24. The van der Waals surface area contributed by atoms with Crippen molar-refractivity contribution in [2.45, 2.75) is 38.3 Å². The highest BCUT2D eigenvalue weighted by Gasteiger charge is 2.14. The summed E-state index contributed by atoms with van der Waals surface area (Å²) in [6.07, 6.45) is 6.65. The molecule has 1 atom stereocenters. The fourth-order valence-electron chi connectivity index (χ4n) is 1.85. The van der Waals surface area contributed by atoms with E-state index in [1.165, 1.54) is 12.8 Å². The lowest BCUT2D eigenvalue weighted by atomic mass is 10.1. The fourth-order valence-corrected chi connectivity index (χ4v) is 1.85. The van der Waals surface area contributed by atoms with E-state index >= 15 is 0 Å². The zero-order chi connectivity index (χ0) is 10.5. The number of hydrogen-bond donors (Lipinski definition) is 1. The molecule has 1 aliphatic heterocycles. The second kappa shape index (κ2) is 5.23. The minimum atomic E-state index is 0.311. The standard InChI is InChI=1S/C10H18N4O/c11-5-4-9-7-14(13-12-9)8-10-3-1-2-6-15-10/h7,10H,1-6,8,11H2. The van der Waals surface area contributed by atoms with E-state index in [4.69, 9.17) is 10.5 Å². The largest absolute Gasteiger partial charge is 0.376 e. The van der Waals surface area contributed by atoms with E-state index in [-0.39, 0.29) is 0 Å². The minimum absolute atomic E-state index is 0.311. The molecule has 2 N–H and O–H groups in total. The molecule has 5 nitrogen and oxygen atoms in total. The second-order valence-electron chi connectivity index (χ2n) is 3.96. The first kappa shape index (κ1) is 10.6. The van der Waals surface area contributed by atoms with Crippen molar-refractivity contribution in [2.75, 3.05) is 13.2 Å². The third-order valence-electron chi connectivity index (χ3n) is 2.65. The van der Waals surface area contributed by atoms with Crippen molar-refractivity contribution in [2.24, 2.45) is 5.73 Å². The number of nitrogens with two attached hydrogens (primary N) is 1. The fraction of sp³-hybridized carbons (Fsp3) is 0.800. The highest BCUT2D eigenvalue weighted by Crippen LogP contribution is 2.13. The van der Waals surface area contributed by atoms with Crippen LogP contribution in [-0.2, 0) is 17.7 Å². The molecule has 0 amide bonds. The molecule has 1 saturated heterocycles. The molecule has 84 valence electrons. The first-order valence-electron chi connectivity index (χ1n) is 5.59. The van der Waals surface area contributed by atoms with Crippen molar-refractivity contribution >= 4 is 0 Å². The van der Waals surface area contributed by atoms with E-state index in [2.05, 4.69) is 10.3 Å². The van der Waals surface area contributed by atoms with Crippen molar-refractivity contribution in [3.05, 3.63) is 11.9 Å². The van der Waals surface area contributed by atoms with Gasteiger partial charge in [0, 0.05) is 19.2 Å². The average Bonchev–Trinajstić information content (AvgIpc) is 2.68. The summed E-state index contributed by atoms with van der Waals surface area (Å²) in [6, 6.07) is 0. The number of aromatic nitrogens is 3. The van der Waals surface area contributed by atoms with Gasteiger partial charge in [-0.3, -0.25) is 0 Å². The van der Waals surface area contributed by atoms with Crippen LogP contribution in [0.4, 0.5) is 0 Å². The van der Waals surface area contributed by atoms with Gasteiger partial charge >= 0.3 is 0 Å². The van der Waals surface area contributed by atoms with E-state index in [1.54, 1.807) is 0 Å². The summed E-state index contributed by atoms with van der Waals surface area (Å²) in [6.45, 7) is 2.32. The quantitative estimate of drug-likeness (QED) is 0.778. The van der Waals surface area contributed by atoms with E-state index in [9.17, 15) is 0 Å². The number of rotatable bonds is 4. The van der Waals surface area contributed by atoms with Gasteiger partial charge in [0.05, 0.1) is 18.3 Å². The SMILES string of the molecule is NCCc1cn(CC2CCCCO2)nn1. The smallest absolute Gasteiger partial charge is 0.0839 e. The Morgan fingerprint density at radius 3 is 3.20 bits per heavy atom. The van der Waals surface area contributed by atoms with Gasteiger partial charge in [0.25, 0.3) is 0 Å². The van der Waals surface area contributed by atoms with Gasteiger partial charge in [0.2, 0.25) is 0 Å². The maximum atomic E-state index is 5.64. The zero-order valence-electron chi connectivity index (χ0n) is 8.93. The molecule has 2 rings (SSSR count). The molecular weight excluding hydrogens is 192 g/mol. The van der Waals surface area contributed by atoms with Gasteiger partial charge in [-0.2, -0.15) is 0 Å². The van der Waals surface area contributed by atoms with Crippen LogP contribution in [0.1, 0.15) is 25.0 Å². The molecule has 0 bridgehead atoms. The summed E-state index contributed by atoms with van der Waals surface area (Å²) in [7, 11) is 0. The molecule has 1 aromatic rings. The molecule has 0 saturated carbocycles. The summed E-state index contributed by atoms with van der Waals surface area (Å²) >= 11 is 0. The topological polar surface area (TPSA) is 66.0 Å². The molecule has 5 heteroatoms. The maximum absolute atomic E-state index is 5.64. The minimum Gasteiger partial charge on any atom is -0.376 e. The van der Waals surface area contributed by atoms with Crippen LogP contribution >= 0.6 is 0 Å². The van der Waals surface area contributed by atoms with Crippen LogP contribution in [0.5, 0.6) is 0 Å². The summed E-state index contributed by atoms with van der Waals surface area (Å²) in [5.74, 6) is 0. The Labute approximate surface area is 89.6 Å². The molecular formula is C10H18N4O. The molecule has 1 aliphatic rings. The predicted molar refractivity (Wildman–Crippen MR) is 56.4 cm³/mol. The van der Waals surface area contributed by atoms with Crippen molar-refractivity contribution in [3.63, 3.8) is 0 Å². The van der Waals surface area contributed by atoms with Crippen molar-refractivity contribution in [3.8, 4) is 0 Å². The second-order valence-corrected chi connectivity index (χ2v) is 3.96.